The van der Waals surface area contributed by atoms with E-state index in [-0.39, 0.29) is 5.92 Å². The van der Waals surface area contributed by atoms with E-state index >= 15 is 0 Å². The van der Waals surface area contributed by atoms with Crippen molar-refractivity contribution < 1.29 is 9.53 Å². The maximum absolute atomic E-state index is 13.1. The van der Waals surface area contributed by atoms with Crippen LogP contribution in [0.25, 0.3) is 10.2 Å². The zero-order valence-corrected chi connectivity index (χ0v) is 18.4. The first-order valence-corrected chi connectivity index (χ1v) is 11.8. The zero-order chi connectivity index (χ0) is 20.2. The Morgan fingerprint density at radius 1 is 1.21 bits per heavy atom. The van der Waals surface area contributed by atoms with Gasteiger partial charge in [-0.05, 0) is 50.9 Å². The minimum absolute atomic E-state index is 0.0903. The van der Waals surface area contributed by atoms with Crippen molar-refractivity contribution in [3.8, 4) is 5.75 Å². The van der Waals surface area contributed by atoms with E-state index in [9.17, 15) is 4.79 Å². The molecule has 3 heterocycles. The summed E-state index contributed by atoms with van der Waals surface area (Å²) < 4.78 is 6.76. The smallest absolute Gasteiger partial charge is 0.227 e. The van der Waals surface area contributed by atoms with Crippen molar-refractivity contribution in [3.05, 3.63) is 18.2 Å². The molecule has 1 aromatic heterocycles. The van der Waals surface area contributed by atoms with Crippen molar-refractivity contribution in [3.63, 3.8) is 0 Å². The van der Waals surface area contributed by atoms with Crippen molar-refractivity contribution in [1.29, 1.82) is 0 Å². The third kappa shape index (κ3) is 4.67. The highest BCUT2D eigenvalue weighted by Crippen LogP contribution is 2.34. The standard InChI is InChI=1S/C22H32N4O2S/c1-3-9-24-11-13-25(14-12-24)21(27)17-6-5-10-26(16-17)22-23-19-8-7-18(28-4-2)15-20(19)29-22/h7-8,15,17H,3-6,9-14,16H2,1-2H3. The fourth-order valence-corrected chi connectivity index (χ4v) is 5.43. The molecule has 2 aliphatic heterocycles. The number of fused-ring (bicyclic) bond motifs is 1. The van der Waals surface area contributed by atoms with Gasteiger partial charge in [-0.1, -0.05) is 18.3 Å². The van der Waals surface area contributed by atoms with E-state index in [1.54, 1.807) is 11.3 Å². The molecule has 0 aliphatic carbocycles. The first-order valence-electron chi connectivity index (χ1n) is 11.0. The number of aromatic nitrogens is 1. The molecule has 0 radical (unpaired) electrons. The molecule has 0 N–H and O–H groups in total. The second-order valence-corrected chi connectivity index (χ2v) is 9.02. The number of thiazole rings is 1. The quantitative estimate of drug-likeness (QED) is 0.722. The predicted octanol–water partition coefficient (Wildman–Crippen LogP) is 3.47. The zero-order valence-electron chi connectivity index (χ0n) is 17.6. The number of benzene rings is 1. The summed E-state index contributed by atoms with van der Waals surface area (Å²) in [6.07, 6.45) is 3.22. The van der Waals surface area contributed by atoms with E-state index in [0.717, 1.165) is 79.8 Å². The molecule has 1 amide bonds. The molecule has 1 unspecified atom stereocenters. The summed E-state index contributed by atoms with van der Waals surface area (Å²) in [6, 6.07) is 6.08. The molecule has 2 aliphatic rings. The number of ether oxygens (including phenoxy) is 1. The lowest BCUT2D eigenvalue weighted by molar-refractivity contribution is -0.137. The van der Waals surface area contributed by atoms with Gasteiger partial charge in [0.1, 0.15) is 5.75 Å². The second-order valence-electron chi connectivity index (χ2n) is 8.01. The van der Waals surface area contributed by atoms with E-state index in [4.69, 9.17) is 9.72 Å². The lowest BCUT2D eigenvalue weighted by Gasteiger charge is -2.39. The van der Waals surface area contributed by atoms with Gasteiger partial charge in [0.15, 0.2) is 5.13 Å². The van der Waals surface area contributed by atoms with Crippen molar-refractivity contribution in [1.82, 2.24) is 14.8 Å². The number of piperazine rings is 1. The number of carbonyl (C=O) groups excluding carboxylic acids is 1. The summed E-state index contributed by atoms with van der Waals surface area (Å²) in [5.41, 5.74) is 1.01. The molecule has 6 nitrogen and oxygen atoms in total. The van der Waals surface area contributed by atoms with Crippen LogP contribution < -0.4 is 9.64 Å². The van der Waals surface area contributed by atoms with Gasteiger partial charge < -0.3 is 14.5 Å². The maximum Gasteiger partial charge on any atom is 0.227 e. The Labute approximate surface area is 177 Å². The van der Waals surface area contributed by atoms with E-state index in [2.05, 4.69) is 27.7 Å². The number of rotatable bonds is 6. The maximum atomic E-state index is 13.1. The van der Waals surface area contributed by atoms with Crippen molar-refractivity contribution in [2.75, 3.05) is 57.3 Å². The van der Waals surface area contributed by atoms with Crippen LogP contribution in [0.15, 0.2) is 18.2 Å². The average molecular weight is 417 g/mol. The minimum atomic E-state index is 0.0903. The summed E-state index contributed by atoms with van der Waals surface area (Å²) in [5, 5.41) is 1.03. The molecule has 1 aromatic carbocycles. The minimum Gasteiger partial charge on any atom is -0.494 e. The van der Waals surface area contributed by atoms with Crippen LogP contribution in [0, 0.1) is 5.92 Å². The van der Waals surface area contributed by atoms with Crippen LogP contribution in [-0.4, -0.2) is 73.1 Å². The predicted molar refractivity (Wildman–Crippen MR) is 119 cm³/mol. The molecule has 7 heteroatoms. The largest absolute Gasteiger partial charge is 0.494 e. The van der Waals surface area contributed by atoms with Crippen LogP contribution in [0.2, 0.25) is 0 Å². The first kappa shape index (κ1) is 20.4. The topological polar surface area (TPSA) is 48.9 Å². The number of carbonyl (C=O) groups is 1. The Hall–Kier alpha value is -1.86. The van der Waals surface area contributed by atoms with Gasteiger partial charge in [0.05, 0.1) is 22.7 Å². The molecule has 4 rings (SSSR count). The molecule has 0 bridgehead atoms. The Bertz CT molecular complexity index is 831. The van der Waals surface area contributed by atoms with Crippen molar-refractivity contribution in [2.24, 2.45) is 5.92 Å². The van der Waals surface area contributed by atoms with Gasteiger partial charge in [0, 0.05) is 39.3 Å². The highest BCUT2D eigenvalue weighted by Gasteiger charge is 2.31. The first-order chi connectivity index (χ1) is 14.2. The summed E-state index contributed by atoms with van der Waals surface area (Å²) in [5.74, 6) is 1.32. The molecule has 158 valence electrons. The molecule has 29 heavy (non-hydrogen) atoms. The SMILES string of the molecule is CCCN1CCN(C(=O)C2CCCN(c3nc4ccc(OCC)cc4s3)C2)CC1. The van der Waals surface area contributed by atoms with Gasteiger partial charge in [-0.25, -0.2) is 4.98 Å². The lowest BCUT2D eigenvalue weighted by Crippen LogP contribution is -2.52. The van der Waals surface area contributed by atoms with Crippen LogP contribution >= 0.6 is 11.3 Å². The molecule has 2 fully saturated rings. The summed E-state index contributed by atoms with van der Waals surface area (Å²) in [6.45, 7) is 11.5. The highest BCUT2D eigenvalue weighted by molar-refractivity contribution is 7.22. The number of nitrogens with zero attached hydrogens (tertiary/aromatic N) is 4. The Morgan fingerprint density at radius 2 is 2.03 bits per heavy atom. The van der Waals surface area contributed by atoms with E-state index in [0.29, 0.717) is 12.5 Å². The fraction of sp³-hybridized carbons (Fsp3) is 0.636. The van der Waals surface area contributed by atoms with E-state index in [1.807, 2.05) is 19.1 Å². The van der Waals surface area contributed by atoms with E-state index in [1.165, 1.54) is 6.42 Å². The number of hydrogen-bond donors (Lipinski definition) is 0. The molecule has 2 saturated heterocycles. The molecule has 2 aromatic rings. The lowest BCUT2D eigenvalue weighted by atomic mass is 9.96. The van der Waals surface area contributed by atoms with E-state index < -0.39 is 0 Å². The normalized spacial score (nSPS) is 21.0. The van der Waals surface area contributed by atoms with Gasteiger partial charge in [-0.3, -0.25) is 9.69 Å². The number of piperidine rings is 1. The number of hydrogen-bond acceptors (Lipinski definition) is 6. The van der Waals surface area contributed by atoms with Crippen molar-refractivity contribution in [2.45, 2.75) is 33.1 Å². The Morgan fingerprint density at radius 3 is 2.79 bits per heavy atom. The fourth-order valence-electron chi connectivity index (χ4n) is 4.40. The van der Waals surface area contributed by atoms with Crippen molar-refractivity contribution >= 4 is 32.6 Å². The van der Waals surface area contributed by atoms with Crippen LogP contribution in [0.5, 0.6) is 5.75 Å². The monoisotopic (exact) mass is 416 g/mol. The van der Waals surface area contributed by atoms with Gasteiger partial charge >= 0.3 is 0 Å². The third-order valence-electron chi connectivity index (χ3n) is 5.92. The van der Waals surface area contributed by atoms with Crippen LogP contribution in [-0.2, 0) is 4.79 Å². The molecular weight excluding hydrogens is 384 g/mol. The van der Waals surface area contributed by atoms with Gasteiger partial charge in [0.2, 0.25) is 5.91 Å². The van der Waals surface area contributed by atoms with Crippen LogP contribution in [0.1, 0.15) is 33.1 Å². The van der Waals surface area contributed by atoms with Gasteiger partial charge in [0.25, 0.3) is 0 Å². The molecule has 0 spiro atoms. The Kier molecular flexibility index (Phi) is 6.55. The van der Waals surface area contributed by atoms with Crippen LogP contribution in [0.3, 0.4) is 0 Å². The van der Waals surface area contributed by atoms with Gasteiger partial charge in [-0.2, -0.15) is 0 Å². The molecule has 0 saturated carbocycles. The van der Waals surface area contributed by atoms with Gasteiger partial charge in [-0.15, -0.1) is 0 Å². The number of anilines is 1. The van der Waals surface area contributed by atoms with Crippen LogP contribution in [0.4, 0.5) is 5.13 Å². The summed E-state index contributed by atoms with van der Waals surface area (Å²) in [4.78, 5) is 24.8. The molecule has 1 atom stereocenters. The second kappa shape index (κ2) is 9.30. The number of amides is 1. The summed E-state index contributed by atoms with van der Waals surface area (Å²) in [7, 11) is 0. The third-order valence-corrected chi connectivity index (χ3v) is 7.00. The summed E-state index contributed by atoms with van der Waals surface area (Å²) >= 11 is 1.70. The highest BCUT2D eigenvalue weighted by atomic mass is 32.1. The Balaban J connectivity index is 1.40. The molecular formula is C22H32N4O2S. The average Bonchev–Trinajstić information content (AvgIpc) is 3.18.